The first kappa shape index (κ1) is 14.8. The Morgan fingerprint density at radius 2 is 2.00 bits per heavy atom. The fourth-order valence-corrected chi connectivity index (χ4v) is 1.89. The smallest absolute Gasteiger partial charge is 0.418 e. The fourth-order valence-electron chi connectivity index (χ4n) is 1.35. The summed E-state index contributed by atoms with van der Waals surface area (Å²) in [5.74, 6) is -1.54. The molecule has 0 aromatic carbocycles. The van der Waals surface area contributed by atoms with Gasteiger partial charge in [0.05, 0.1) is 23.2 Å². The Morgan fingerprint density at radius 1 is 1.44 bits per heavy atom. The number of alkyl halides is 5. The quantitative estimate of drug-likeness (QED) is 0.862. The van der Waals surface area contributed by atoms with E-state index in [1.165, 1.54) is 0 Å². The number of carbonyl (C=O) groups is 1. The molecule has 1 aromatic heterocycles. The lowest BCUT2D eigenvalue weighted by molar-refractivity contribution is -0.141. The molecular weight excluding hydrogens is 329 g/mol. The minimum absolute atomic E-state index is 0.653. The van der Waals surface area contributed by atoms with E-state index < -0.39 is 46.3 Å². The summed E-state index contributed by atoms with van der Waals surface area (Å²) < 4.78 is 62.7. The Kier molecular flexibility index (Phi) is 4.25. The zero-order chi connectivity index (χ0) is 14.1. The molecule has 0 saturated heterocycles. The molecule has 100 valence electrons. The van der Waals surface area contributed by atoms with Crippen molar-refractivity contribution < 1.29 is 31.9 Å². The number of rotatable bonds is 3. The predicted molar refractivity (Wildman–Crippen MR) is 53.2 cm³/mol. The number of halogens is 6. The standard InChI is InChI=1S/C9H5BrF5NO2/c10-3-2-16-4(1-5(17)18)6(8(11)12)7(3)9(13,14)15/h2,8H,1H2,(H,17,18). The number of pyridine rings is 1. The normalized spacial score (nSPS) is 11.9. The third kappa shape index (κ3) is 3.15. The highest BCUT2D eigenvalue weighted by molar-refractivity contribution is 9.10. The summed E-state index contributed by atoms with van der Waals surface area (Å²) in [4.78, 5) is 13.7. The number of carboxylic acid groups (broad SMARTS) is 1. The van der Waals surface area contributed by atoms with Gasteiger partial charge in [-0.15, -0.1) is 0 Å². The molecule has 1 aromatic rings. The number of nitrogens with zero attached hydrogens (tertiary/aromatic N) is 1. The Morgan fingerprint density at radius 3 is 2.39 bits per heavy atom. The van der Waals surface area contributed by atoms with Crippen molar-refractivity contribution in [3.8, 4) is 0 Å². The largest absolute Gasteiger partial charge is 0.481 e. The molecule has 3 nitrogen and oxygen atoms in total. The number of aliphatic carboxylic acids is 1. The van der Waals surface area contributed by atoms with Crippen LogP contribution in [-0.4, -0.2) is 16.1 Å². The molecule has 0 saturated carbocycles. The lowest BCUT2D eigenvalue weighted by atomic mass is 10.0. The van der Waals surface area contributed by atoms with E-state index in [1.54, 1.807) is 0 Å². The highest BCUT2D eigenvalue weighted by Gasteiger charge is 2.40. The molecule has 0 bridgehead atoms. The van der Waals surface area contributed by atoms with Gasteiger partial charge in [-0.2, -0.15) is 13.2 Å². The second-order valence-electron chi connectivity index (χ2n) is 3.21. The van der Waals surface area contributed by atoms with Gasteiger partial charge in [-0.3, -0.25) is 9.78 Å². The Bertz CT molecular complexity index is 475. The van der Waals surface area contributed by atoms with Crippen LogP contribution in [0.5, 0.6) is 0 Å². The van der Waals surface area contributed by atoms with Crippen LogP contribution in [0.15, 0.2) is 10.7 Å². The molecule has 1 N–H and O–H groups in total. The molecular formula is C9H5BrF5NO2. The SMILES string of the molecule is O=C(O)Cc1ncc(Br)c(C(F)(F)F)c1C(F)F. The molecule has 0 unspecified atom stereocenters. The third-order valence-corrected chi connectivity index (χ3v) is 2.57. The molecule has 0 aliphatic heterocycles. The number of carboxylic acids is 1. The molecule has 0 fully saturated rings. The fraction of sp³-hybridized carbons (Fsp3) is 0.333. The number of aromatic nitrogens is 1. The van der Waals surface area contributed by atoms with Crippen LogP contribution < -0.4 is 0 Å². The van der Waals surface area contributed by atoms with E-state index in [0.717, 1.165) is 0 Å². The maximum Gasteiger partial charge on any atom is 0.418 e. The molecule has 0 aliphatic rings. The minimum Gasteiger partial charge on any atom is -0.481 e. The summed E-state index contributed by atoms with van der Waals surface area (Å²) in [5.41, 5.74) is -3.80. The van der Waals surface area contributed by atoms with E-state index in [2.05, 4.69) is 20.9 Å². The molecule has 0 spiro atoms. The summed E-state index contributed by atoms with van der Waals surface area (Å²) >= 11 is 2.49. The number of hydrogen-bond donors (Lipinski definition) is 1. The lowest BCUT2D eigenvalue weighted by Crippen LogP contribution is -2.16. The average Bonchev–Trinajstić information content (AvgIpc) is 2.17. The molecule has 1 rings (SSSR count). The van der Waals surface area contributed by atoms with Gasteiger partial charge < -0.3 is 5.11 Å². The van der Waals surface area contributed by atoms with Gasteiger partial charge >= 0.3 is 12.1 Å². The molecule has 0 radical (unpaired) electrons. The van der Waals surface area contributed by atoms with Crippen molar-refractivity contribution in [1.82, 2.24) is 4.98 Å². The van der Waals surface area contributed by atoms with E-state index in [4.69, 9.17) is 5.11 Å². The van der Waals surface area contributed by atoms with E-state index in [0.29, 0.717) is 6.20 Å². The Labute approximate surface area is 106 Å². The maximum atomic E-state index is 12.7. The van der Waals surface area contributed by atoms with Gasteiger partial charge in [-0.25, -0.2) is 8.78 Å². The van der Waals surface area contributed by atoms with Crippen LogP contribution in [0.2, 0.25) is 0 Å². The van der Waals surface area contributed by atoms with E-state index in [9.17, 15) is 26.7 Å². The van der Waals surface area contributed by atoms with Crippen LogP contribution in [0.3, 0.4) is 0 Å². The van der Waals surface area contributed by atoms with Gasteiger partial charge in [0.2, 0.25) is 0 Å². The lowest BCUT2D eigenvalue weighted by Gasteiger charge is -2.16. The van der Waals surface area contributed by atoms with Gasteiger partial charge in [-0.1, -0.05) is 0 Å². The minimum atomic E-state index is -5.03. The van der Waals surface area contributed by atoms with Gasteiger partial charge in [0.15, 0.2) is 0 Å². The average molecular weight is 334 g/mol. The predicted octanol–water partition coefficient (Wildman–Crippen LogP) is 3.43. The Hall–Kier alpha value is -1.25. The zero-order valence-corrected chi connectivity index (χ0v) is 10.0. The van der Waals surface area contributed by atoms with Crippen molar-refractivity contribution in [2.45, 2.75) is 19.0 Å². The monoisotopic (exact) mass is 333 g/mol. The first-order valence-electron chi connectivity index (χ1n) is 4.39. The van der Waals surface area contributed by atoms with E-state index in [1.807, 2.05) is 0 Å². The molecule has 9 heteroatoms. The molecule has 0 amide bonds. The van der Waals surface area contributed by atoms with Gasteiger partial charge in [0.25, 0.3) is 6.43 Å². The maximum absolute atomic E-state index is 12.7. The second-order valence-corrected chi connectivity index (χ2v) is 4.06. The Balaban J connectivity index is 3.53. The molecule has 0 atom stereocenters. The summed E-state index contributed by atoms with van der Waals surface area (Å²) in [7, 11) is 0. The highest BCUT2D eigenvalue weighted by atomic mass is 79.9. The van der Waals surface area contributed by atoms with Crippen LogP contribution >= 0.6 is 15.9 Å². The first-order chi connectivity index (χ1) is 8.14. The third-order valence-electron chi connectivity index (χ3n) is 1.97. The van der Waals surface area contributed by atoms with Crippen molar-refractivity contribution in [3.63, 3.8) is 0 Å². The van der Waals surface area contributed by atoms with Gasteiger partial charge in [0, 0.05) is 10.7 Å². The molecule has 1 heterocycles. The van der Waals surface area contributed by atoms with Crippen molar-refractivity contribution in [1.29, 1.82) is 0 Å². The van der Waals surface area contributed by atoms with Crippen molar-refractivity contribution in [2.75, 3.05) is 0 Å². The van der Waals surface area contributed by atoms with Crippen molar-refractivity contribution in [3.05, 3.63) is 27.5 Å². The van der Waals surface area contributed by atoms with Crippen LogP contribution in [-0.2, 0) is 17.4 Å². The van der Waals surface area contributed by atoms with Crippen LogP contribution in [0.25, 0.3) is 0 Å². The van der Waals surface area contributed by atoms with Crippen LogP contribution in [0.1, 0.15) is 23.2 Å². The highest BCUT2D eigenvalue weighted by Crippen LogP contribution is 2.41. The molecule has 0 aliphatic carbocycles. The van der Waals surface area contributed by atoms with E-state index in [-0.39, 0.29) is 0 Å². The second kappa shape index (κ2) is 5.17. The van der Waals surface area contributed by atoms with Gasteiger partial charge in [-0.05, 0) is 15.9 Å². The van der Waals surface area contributed by atoms with Crippen molar-refractivity contribution >= 4 is 21.9 Å². The summed E-state index contributed by atoms with van der Waals surface area (Å²) in [6.45, 7) is 0. The first-order valence-corrected chi connectivity index (χ1v) is 5.18. The van der Waals surface area contributed by atoms with Crippen LogP contribution in [0.4, 0.5) is 22.0 Å². The summed E-state index contributed by atoms with van der Waals surface area (Å²) in [5, 5.41) is 8.46. The summed E-state index contributed by atoms with van der Waals surface area (Å²) in [6, 6.07) is 0. The summed E-state index contributed by atoms with van der Waals surface area (Å²) in [6.07, 6.45) is -8.84. The zero-order valence-electron chi connectivity index (χ0n) is 8.43. The number of hydrogen-bond acceptors (Lipinski definition) is 2. The van der Waals surface area contributed by atoms with Crippen molar-refractivity contribution in [2.24, 2.45) is 0 Å². The van der Waals surface area contributed by atoms with Gasteiger partial charge in [0.1, 0.15) is 0 Å². The van der Waals surface area contributed by atoms with E-state index >= 15 is 0 Å². The van der Waals surface area contributed by atoms with Crippen LogP contribution in [0, 0.1) is 0 Å². The molecule has 18 heavy (non-hydrogen) atoms. The topological polar surface area (TPSA) is 50.2 Å².